The Morgan fingerprint density at radius 2 is 2.45 bits per heavy atom. The number of nitrogens with one attached hydrogen (secondary N) is 1. The summed E-state index contributed by atoms with van der Waals surface area (Å²) < 4.78 is 1.53. The van der Waals surface area contributed by atoms with Gasteiger partial charge < -0.3 is 5.32 Å². The molecule has 2 heterocycles. The van der Waals surface area contributed by atoms with Crippen LogP contribution >= 0.6 is 11.3 Å². The molecule has 0 aliphatic heterocycles. The lowest BCUT2D eigenvalue weighted by Crippen LogP contribution is -2.23. The Hall–Kier alpha value is -1.76. The normalized spacial score (nSPS) is 19.4. The zero-order valence-electron chi connectivity index (χ0n) is 11.5. The number of anilines is 1. The molecule has 1 aliphatic carbocycles. The number of carbonyl (C=O) groups excluding carboxylic acids is 1. The van der Waals surface area contributed by atoms with Crippen LogP contribution in [0.2, 0.25) is 0 Å². The fourth-order valence-corrected chi connectivity index (χ4v) is 3.51. The lowest BCUT2D eigenvalue weighted by Gasteiger charge is -2.15. The molecule has 0 bridgehead atoms. The first-order valence-electron chi connectivity index (χ1n) is 6.77. The summed E-state index contributed by atoms with van der Waals surface area (Å²) in [6, 6.07) is -0.391. The molecule has 0 saturated heterocycles. The van der Waals surface area contributed by atoms with Gasteiger partial charge in [0.1, 0.15) is 18.7 Å². The minimum absolute atomic E-state index is 0.116. The molecule has 3 rings (SSSR count). The summed E-state index contributed by atoms with van der Waals surface area (Å²) in [5.74, 6) is 0.593. The molecular weight excluding hydrogens is 274 g/mol. The van der Waals surface area contributed by atoms with Crippen molar-refractivity contribution >= 4 is 22.4 Å². The van der Waals surface area contributed by atoms with Crippen LogP contribution in [0.15, 0.2) is 12.7 Å². The molecule has 0 radical (unpaired) electrons. The molecule has 2 aromatic rings. The van der Waals surface area contributed by atoms with Gasteiger partial charge in [0.2, 0.25) is 0 Å². The highest BCUT2D eigenvalue weighted by Gasteiger charge is 2.22. The molecular formula is C13H17N5OS. The highest BCUT2D eigenvalue weighted by atomic mass is 32.1. The second-order valence-electron chi connectivity index (χ2n) is 5.28. The molecule has 1 aliphatic rings. The number of carbonyl (C=O) groups is 1. The van der Waals surface area contributed by atoms with E-state index in [4.69, 9.17) is 0 Å². The number of fused-ring (bicyclic) bond motifs is 1. The Morgan fingerprint density at radius 1 is 1.60 bits per heavy atom. The summed E-state index contributed by atoms with van der Waals surface area (Å²) in [5, 5.41) is 7.56. The van der Waals surface area contributed by atoms with E-state index in [9.17, 15) is 4.79 Å². The standard InChI is InChI=1S/C13H17N5OS/c1-8-3-4-10-11(5-8)20-13(16-10)17-12(19)9(2)18-7-14-6-15-18/h6-9H,3-5H2,1-2H3,(H,16,17,19)/t8-,9-/m1/s1. The van der Waals surface area contributed by atoms with Gasteiger partial charge in [-0.25, -0.2) is 14.6 Å². The van der Waals surface area contributed by atoms with Crippen molar-refractivity contribution in [1.29, 1.82) is 0 Å². The van der Waals surface area contributed by atoms with Crippen molar-refractivity contribution in [1.82, 2.24) is 19.7 Å². The Kier molecular flexibility index (Phi) is 3.52. The van der Waals surface area contributed by atoms with Crippen LogP contribution in [0.1, 0.15) is 36.9 Å². The predicted octanol–water partition coefficient (Wildman–Crippen LogP) is 2.06. The molecule has 0 spiro atoms. The lowest BCUT2D eigenvalue weighted by atomic mass is 9.93. The maximum atomic E-state index is 12.2. The molecule has 0 unspecified atom stereocenters. The Morgan fingerprint density at radius 3 is 3.20 bits per heavy atom. The summed E-state index contributed by atoms with van der Waals surface area (Å²) in [6.45, 7) is 4.05. The lowest BCUT2D eigenvalue weighted by molar-refractivity contribution is -0.119. The minimum atomic E-state index is -0.391. The van der Waals surface area contributed by atoms with Gasteiger partial charge in [-0.05, 0) is 32.1 Å². The number of nitrogens with zero attached hydrogens (tertiary/aromatic N) is 4. The molecule has 2 atom stereocenters. The van der Waals surface area contributed by atoms with Crippen molar-refractivity contribution in [2.24, 2.45) is 5.92 Å². The molecule has 6 nitrogen and oxygen atoms in total. The fourth-order valence-electron chi connectivity index (χ4n) is 2.34. The number of rotatable bonds is 3. The monoisotopic (exact) mass is 291 g/mol. The van der Waals surface area contributed by atoms with E-state index in [0.29, 0.717) is 11.0 Å². The summed E-state index contributed by atoms with van der Waals surface area (Å²) in [6.07, 6.45) is 6.23. The van der Waals surface area contributed by atoms with E-state index >= 15 is 0 Å². The van der Waals surface area contributed by atoms with E-state index in [1.807, 2.05) is 0 Å². The van der Waals surface area contributed by atoms with Crippen LogP contribution < -0.4 is 5.32 Å². The van der Waals surface area contributed by atoms with E-state index in [-0.39, 0.29) is 5.91 Å². The maximum Gasteiger partial charge on any atom is 0.250 e. The van der Waals surface area contributed by atoms with E-state index < -0.39 is 6.04 Å². The van der Waals surface area contributed by atoms with Gasteiger partial charge in [0.25, 0.3) is 5.91 Å². The molecule has 7 heteroatoms. The van der Waals surface area contributed by atoms with Crippen molar-refractivity contribution in [3.8, 4) is 0 Å². The molecule has 106 valence electrons. The van der Waals surface area contributed by atoms with E-state index in [0.717, 1.165) is 18.5 Å². The van der Waals surface area contributed by atoms with Gasteiger partial charge in [-0.15, -0.1) is 11.3 Å². The van der Waals surface area contributed by atoms with E-state index in [1.54, 1.807) is 24.6 Å². The van der Waals surface area contributed by atoms with Crippen molar-refractivity contribution in [2.45, 2.75) is 39.2 Å². The molecule has 2 aromatic heterocycles. The van der Waals surface area contributed by atoms with Gasteiger partial charge >= 0.3 is 0 Å². The highest BCUT2D eigenvalue weighted by Crippen LogP contribution is 2.32. The van der Waals surface area contributed by atoms with Crippen LogP contribution in [0.3, 0.4) is 0 Å². The smallest absolute Gasteiger partial charge is 0.250 e. The van der Waals surface area contributed by atoms with Gasteiger partial charge in [-0.2, -0.15) is 5.10 Å². The van der Waals surface area contributed by atoms with Crippen LogP contribution in [-0.4, -0.2) is 25.7 Å². The minimum Gasteiger partial charge on any atom is -0.300 e. The Balaban J connectivity index is 1.70. The Labute approximate surface area is 121 Å². The maximum absolute atomic E-state index is 12.2. The van der Waals surface area contributed by atoms with E-state index in [1.165, 1.54) is 22.3 Å². The zero-order chi connectivity index (χ0) is 14.1. The first-order valence-corrected chi connectivity index (χ1v) is 7.58. The zero-order valence-corrected chi connectivity index (χ0v) is 12.4. The second-order valence-corrected chi connectivity index (χ2v) is 6.36. The predicted molar refractivity (Wildman–Crippen MR) is 76.7 cm³/mol. The van der Waals surface area contributed by atoms with Crippen LogP contribution in [0.5, 0.6) is 0 Å². The number of hydrogen-bond acceptors (Lipinski definition) is 5. The summed E-state index contributed by atoms with van der Waals surface area (Å²) in [7, 11) is 0. The Bertz CT molecular complexity index is 606. The number of aryl methyl sites for hydroxylation is 1. The topological polar surface area (TPSA) is 72.7 Å². The van der Waals surface area contributed by atoms with Gasteiger partial charge in [-0.3, -0.25) is 4.79 Å². The van der Waals surface area contributed by atoms with Crippen LogP contribution in [0.25, 0.3) is 0 Å². The van der Waals surface area contributed by atoms with E-state index in [2.05, 4.69) is 27.3 Å². The van der Waals surface area contributed by atoms with Gasteiger partial charge in [0.05, 0.1) is 5.69 Å². The molecule has 0 saturated carbocycles. The fraction of sp³-hybridized carbons (Fsp3) is 0.538. The number of thiazole rings is 1. The number of amides is 1. The SMILES string of the molecule is C[C@@H]1CCc2nc(NC(=O)[C@@H](C)n3cncn3)sc2C1. The third kappa shape index (κ3) is 2.58. The first-order chi connectivity index (χ1) is 9.63. The first kappa shape index (κ1) is 13.2. The summed E-state index contributed by atoms with van der Waals surface area (Å²) >= 11 is 1.59. The van der Waals surface area contributed by atoms with Gasteiger partial charge in [0.15, 0.2) is 5.13 Å². The number of aromatic nitrogens is 4. The van der Waals surface area contributed by atoms with Crippen molar-refractivity contribution in [3.05, 3.63) is 23.2 Å². The highest BCUT2D eigenvalue weighted by molar-refractivity contribution is 7.15. The van der Waals surface area contributed by atoms with Crippen LogP contribution in [0, 0.1) is 5.92 Å². The van der Waals surface area contributed by atoms with Crippen molar-refractivity contribution < 1.29 is 4.79 Å². The summed E-state index contributed by atoms with van der Waals surface area (Å²) in [5.41, 5.74) is 1.15. The molecule has 0 fully saturated rings. The van der Waals surface area contributed by atoms with Crippen molar-refractivity contribution in [2.75, 3.05) is 5.32 Å². The van der Waals surface area contributed by atoms with Gasteiger partial charge in [-0.1, -0.05) is 6.92 Å². The largest absolute Gasteiger partial charge is 0.300 e. The van der Waals surface area contributed by atoms with Crippen molar-refractivity contribution in [3.63, 3.8) is 0 Å². The summed E-state index contributed by atoms with van der Waals surface area (Å²) in [4.78, 5) is 21.9. The molecule has 0 aromatic carbocycles. The second kappa shape index (κ2) is 5.32. The average Bonchev–Trinajstić information content (AvgIpc) is 3.05. The molecule has 1 amide bonds. The molecule has 1 N–H and O–H groups in total. The third-order valence-electron chi connectivity index (χ3n) is 3.63. The molecule has 20 heavy (non-hydrogen) atoms. The van der Waals surface area contributed by atoms with Gasteiger partial charge in [0, 0.05) is 4.88 Å². The third-order valence-corrected chi connectivity index (χ3v) is 4.66. The van der Waals surface area contributed by atoms with Crippen LogP contribution in [0.4, 0.5) is 5.13 Å². The quantitative estimate of drug-likeness (QED) is 0.939. The van der Waals surface area contributed by atoms with Crippen LogP contribution in [-0.2, 0) is 17.6 Å². The average molecular weight is 291 g/mol. The number of hydrogen-bond donors (Lipinski definition) is 1.